The molecule has 0 amide bonds. The molecule has 0 saturated heterocycles. The number of hydrogen-bond donors (Lipinski definition) is 0. The van der Waals surface area contributed by atoms with E-state index < -0.39 is 0 Å². The molecule has 3 aromatic rings. The van der Waals surface area contributed by atoms with Crippen molar-refractivity contribution in [1.29, 1.82) is 0 Å². The van der Waals surface area contributed by atoms with Crippen LogP contribution in [0.25, 0.3) is 16.9 Å². The van der Waals surface area contributed by atoms with E-state index in [9.17, 15) is 0 Å². The highest BCUT2D eigenvalue weighted by molar-refractivity contribution is 7.73. The van der Waals surface area contributed by atoms with Gasteiger partial charge in [0.15, 0.2) is 3.95 Å². The van der Waals surface area contributed by atoms with E-state index in [-0.39, 0.29) is 0 Å². The molecular formula is C18H18N2OS2. The summed E-state index contributed by atoms with van der Waals surface area (Å²) in [7, 11) is 5.77. The van der Waals surface area contributed by atoms with Crippen LogP contribution in [0.5, 0.6) is 5.75 Å². The molecule has 0 N–H and O–H groups in total. The summed E-state index contributed by atoms with van der Waals surface area (Å²) in [5.41, 5.74) is 3.30. The first kappa shape index (κ1) is 15.8. The second-order valence-electron chi connectivity index (χ2n) is 5.32. The highest BCUT2D eigenvalue weighted by Gasteiger charge is 2.17. The molecule has 0 bridgehead atoms. The predicted octanol–water partition coefficient (Wildman–Crippen LogP) is 5.01. The molecule has 23 heavy (non-hydrogen) atoms. The molecule has 0 fully saturated rings. The number of nitrogens with zero attached hydrogens (tertiary/aromatic N) is 2. The Hall–Kier alpha value is -2.11. The van der Waals surface area contributed by atoms with Crippen molar-refractivity contribution in [3.8, 4) is 22.7 Å². The number of para-hydroxylation sites is 1. The smallest absolute Gasteiger partial charge is 0.168 e. The van der Waals surface area contributed by atoms with Crippen molar-refractivity contribution in [3.05, 3.63) is 58.6 Å². The number of rotatable bonds is 4. The largest absolute Gasteiger partial charge is 0.497 e. The molecule has 0 unspecified atom stereocenters. The first-order chi connectivity index (χ1) is 11.1. The summed E-state index contributed by atoms with van der Waals surface area (Å²) in [6, 6.07) is 18.3. The zero-order valence-corrected chi connectivity index (χ0v) is 14.9. The van der Waals surface area contributed by atoms with Gasteiger partial charge >= 0.3 is 0 Å². The van der Waals surface area contributed by atoms with Crippen molar-refractivity contribution < 1.29 is 4.74 Å². The lowest BCUT2D eigenvalue weighted by molar-refractivity contribution is 0.415. The molecule has 2 aromatic carbocycles. The summed E-state index contributed by atoms with van der Waals surface area (Å²) in [6.45, 7) is 0. The maximum atomic E-state index is 5.64. The van der Waals surface area contributed by atoms with Gasteiger partial charge in [0.05, 0.1) is 12.8 Å². The Labute approximate surface area is 145 Å². The van der Waals surface area contributed by atoms with Gasteiger partial charge in [0.1, 0.15) is 10.8 Å². The number of anilines is 1. The van der Waals surface area contributed by atoms with E-state index >= 15 is 0 Å². The van der Waals surface area contributed by atoms with Crippen LogP contribution in [0.1, 0.15) is 0 Å². The van der Waals surface area contributed by atoms with Crippen LogP contribution in [0.2, 0.25) is 0 Å². The highest BCUT2D eigenvalue weighted by atomic mass is 32.1. The van der Waals surface area contributed by atoms with E-state index in [1.54, 1.807) is 18.4 Å². The lowest BCUT2D eigenvalue weighted by atomic mass is 10.1. The van der Waals surface area contributed by atoms with Gasteiger partial charge in [-0.1, -0.05) is 29.5 Å². The van der Waals surface area contributed by atoms with Gasteiger partial charge in [-0.05, 0) is 48.6 Å². The quantitative estimate of drug-likeness (QED) is 0.621. The second kappa shape index (κ2) is 6.56. The third-order valence-electron chi connectivity index (χ3n) is 3.58. The molecule has 0 aliphatic rings. The Balaban J connectivity index is 2.26. The third kappa shape index (κ3) is 3.02. The number of methoxy groups -OCH3 is 1. The average molecular weight is 342 g/mol. The lowest BCUT2D eigenvalue weighted by Crippen LogP contribution is -2.09. The van der Waals surface area contributed by atoms with Crippen molar-refractivity contribution in [3.63, 3.8) is 0 Å². The molecule has 0 atom stereocenters. The van der Waals surface area contributed by atoms with Crippen molar-refractivity contribution in [1.82, 2.24) is 4.57 Å². The van der Waals surface area contributed by atoms with Crippen LogP contribution in [0.3, 0.4) is 0 Å². The zero-order chi connectivity index (χ0) is 16.4. The van der Waals surface area contributed by atoms with Gasteiger partial charge in [0.2, 0.25) is 0 Å². The maximum Gasteiger partial charge on any atom is 0.168 e. The van der Waals surface area contributed by atoms with Crippen LogP contribution in [0.4, 0.5) is 5.00 Å². The normalized spacial score (nSPS) is 10.6. The summed E-state index contributed by atoms with van der Waals surface area (Å²) in [5, 5.41) is 1.14. The van der Waals surface area contributed by atoms with Gasteiger partial charge < -0.3 is 9.64 Å². The fourth-order valence-electron chi connectivity index (χ4n) is 2.48. The Morgan fingerprint density at radius 3 is 2.22 bits per heavy atom. The molecule has 118 valence electrons. The third-order valence-corrected chi connectivity index (χ3v) is 5.12. The zero-order valence-electron chi connectivity index (χ0n) is 13.3. The number of aromatic nitrogens is 1. The first-order valence-electron chi connectivity index (χ1n) is 7.25. The Kier molecular flexibility index (Phi) is 4.50. The number of thiazole rings is 1. The van der Waals surface area contributed by atoms with Crippen LogP contribution in [-0.2, 0) is 0 Å². The Morgan fingerprint density at radius 2 is 1.65 bits per heavy atom. The second-order valence-corrected chi connectivity index (χ2v) is 6.94. The van der Waals surface area contributed by atoms with Gasteiger partial charge in [-0.25, -0.2) is 0 Å². The minimum Gasteiger partial charge on any atom is -0.497 e. The van der Waals surface area contributed by atoms with Crippen molar-refractivity contribution >= 4 is 28.6 Å². The highest BCUT2D eigenvalue weighted by Crippen LogP contribution is 2.38. The van der Waals surface area contributed by atoms with Crippen molar-refractivity contribution in [2.45, 2.75) is 0 Å². The standard InChI is InChI=1S/C18H18N2OS2/c1-19(2)17-16(13-9-11-15(21-3)12-10-13)20(18(22)23-17)14-7-5-4-6-8-14/h4-12H,1-3H3. The van der Waals surface area contributed by atoms with E-state index in [1.165, 1.54) is 0 Å². The van der Waals surface area contributed by atoms with Gasteiger partial charge in [0, 0.05) is 25.3 Å². The number of ether oxygens (including phenoxy) is 1. The van der Waals surface area contributed by atoms with Gasteiger partial charge in [-0.3, -0.25) is 4.57 Å². The lowest BCUT2D eigenvalue weighted by Gasteiger charge is -2.15. The number of benzene rings is 2. The van der Waals surface area contributed by atoms with Crippen LogP contribution >= 0.6 is 23.6 Å². The molecular weight excluding hydrogens is 324 g/mol. The summed E-state index contributed by atoms with van der Waals surface area (Å²) in [6.07, 6.45) is 0. The van der Waals surface area contributed by atoms with Crippen molar-refractivity contribution in [2.75, 3.05) is 26.1 Å². The van der Waals surface area contributed by atoms with Crippen molar-refractivity contribution in [2.24, 2.45) is 0 Å². The summed E-state index contributed by atoms with van der Waals surface area (Å²) in [5.74, 6) is 0.847. The van der Waals surface area contributed by atoms with E-state index in [4.69, 9.17) is 17.0 Å². The predicted molar refractivity (Wildman–Crippen MR) is 101 cm³/mol. The molecule has 0 spiro atoms. The molecule has 0 aliphatic carbocycles. The van der Waals surface area contributed by atoms with Gasteiger partial charge in [-0.2, -0.15) is 0 Å². The molecule has 3 nitrogen and oxygen atoms in total. The number of hydrogen-bond acceptors (Lipinski definition) is 4. The molecule has 0 radical (unpaired) electrons. The summed E-state index contributed by atoms with van der Waals surface area (Å²) in [4.78, 5) is 2.11. The first-order valence-corrected chi connectivity index (χ1v) is 8.47. The minimum absolute atomic E-state index is 0.839. The fraction of sp³-hybridized carbons (Fsp3) is 0.167. The summed E-state index contributed by atoms with van der Waals surface area (Å²) >= 11 is 7.26. The van der Waals surface area contributed by atoms with Gasteiger partial charge in [-0.15, -0.1) is 0 Å². The molecule has 0 saturated carbocycles. The van der Waals surface area contributed by atoms with Crippen LogP contribution in [0, 0.1) is 3.95 Å². The van der Waals surface area contributed by atoms with E-state index in [0.717, 1.165) is 31.6 Å². The Morgan fingerprint density at radius 1 is 1.00 bits per heavy atom. The van der Waals surface area contributed by atoms with Gasteiger partial charge in [0.25, 0.3) is 0 Å². The Bertz CT molecular complexity index is 849. The van der Waals surface area contributed by atoms with E-state index in [1.807, 2.05) is 44.4 Å². The van der Waals surface area contributed by atoms with Crippen LogP contribution < -0.4 is 9.64 Å². The summed E-state index contributed by atoms with van der Waals surface area (Å²) < 4.78 is 8.24. The van der Waals surface area contributed by atoms with Crippen LogP contribution in [0.15, 0.2) is 54.6 Å². The minimum atomic E-state index is 0.839. The monoisotopic (exact) mass is 342 g/mol. The molecule has 0 aliphatic heterocycles. The maximum absolute atomic E-state index is 5.64. The van der Waals surface area contributed by atoms with E-state index in [2.05, 4.69) is 33.7 Å². The van der Waals surface area contributed by atoms with E-state index in [0.29, 0.717) is 0 Å². The van der Waals surface area contributed by atoms with Crippen LogP contribution in [-0.4, -0.2) is 25.8 Å². The molecule has 5 heteroatoms. The molecule has 1 heterocycles. The fourth-order valence-corrected chi connectivity index (χ4v) is 3.86. The topological polar surface area (TPSA) is 17.4 Å². The SMILES string of the molecule is COc1ccc(-c2c(N(C)C)sc(=S)n2-c2ccccc2)cc1. The molecule has 1 aromatic heterocycles. The average Bonchev–Trinajstić information content (AvgIpc) is 2.93. The molecule has 3 rings (SSSR count).